The summed E-state index contributed by atoms with van der Waals surface area (Å²) in [6.07, 6.45) is 4.55. The van der Waals surface area contributed by atoms with Crippen LogP contribution in [0.1, 0.15) is 18.1 Å². The fraction of sp³-hybridized carbons (Fsp3) is 0.263. The molecule has 0 saturated carbocycles. The van der Waals surface area contributed by atoms with Crippen LogP contribution in [0.3, 0.4) is 0 Å². The molecular weight excluding hydrogens is 331 g/mol. The average molecular weight is 350 g/mol. The van der Waals surface area contributed by atoms with Gasteiger partial charge in [0.1, 0.15) is 28.7 Å². The Balaban J connectivity index is 1.55. The van der Waals surface area contributed by atoms with Gasteiger partial charge in [-0.15, -0.1) is 0 Å². The van der Waals surface area contributed by atoms with Crippen molar-refractivity contribution in [3.63, 3.8) is 0 Å². The van der Waals surface area contributed by atoms with E-state index in [9.17, 15) is 4.39 Å². The highest BCUT2D eigenvalue weighted by atomic mass is 19.1. The summed E-state index contributed by atoms with van der Waals surface area (Å²) in [6.45, 7) is 5.40. The predicted octanol–water partition coefficient (Wildman–Crippen LogP) is 3.54. The van der Waals surface area contributed by atoms with Crippen molar-refractivity contribution >= 4 is 10.9 Å². The number of benzene rings is 1. The molecule has 26 heavy (non-hydrogen) atoms. The minimum Gasteiger partial charge on any atom is -0.330 e. The molecule has 1 aromatic carbocycles. The Morgan fingerprint density at radius 3 is 2.73 bits per heavy atom. The number of nitrogens with zero attached hydrogens (tertiary/aromatic N) is 6. The molecule has 7 heteroatoms. The van der Waals surface area contributed by atoms with E-state index < -0.39 is 0 Å². The smallest absolute Gasteiger partial charge is 0.158 e. The van der Waals surface area contributed by atoms with Gasteiger partial charge in [-0.25, -0.2) is 19.3 Å². The summed E-state index contributed by atoms with van der Waals surface area (Å²) in [4.78, 5) is 13.2. The first kappa shape index (κ1) is 16.4. The molecule has 4 aromatic rings. The van der Waals surface area contributed by atoms with Crippen LogP contribution in [0, 0.1) is 19.7 Å². The number of fused-ring (bicyclic) bond motifs is 1. The van der Waals surface area contributed by atoms with Crippen LogP contribution in [0.2, 0.25) is 0 Å². The second-order valence-corrected chi connectivity index (χ2v) is 6.24. The molecule has 3 aromatic heterocycles. The molecule has 0 unspecified atom stereocenters. The van der Waals surface area contributed by atoms with E-state index in [1.807, 2.05) is 47.5 Å². The molecule has 0 N–H and O–H groups in total. The van der Waals surface area contributed by atoms with Crippen molar-refractivity contribution in [1.29, 1.82) is 0 Å². The summed E-state index contributed by atoms with van der Waals surface area (Å²) < 4.78 is 18.0. The largest absolute Gasteiger partial charge is 0.330 e. The number of hydrogen-bond acceptors (Lipinski definition) is 4. The zero-order valence-electron chi connectivity index (χ0n) is 14.7. The minimum atomic E-state index is -0.320. The quantitative estimate of drug-likeness (QED) is 0.552. The molecule has 0 saturated heterocycles. The Morgan fingerprint density at radius 1 is 1.04 bits per heavy atom. The van der Waals surface area contributed by atoms with Crippen molar-refractivity contribution < 1.29 is 4.39 Å². The highest BCUT2D eigenvalue weighted by molar-refractivity contribution is 5.81. The van der Waals surface area contributed by atoms with Crippen molar-refractivity contribution in [2.75, 3.05) is 0 Å². The molecule has 0 fully saturated rings. The van der Waals surface area contributed by atoms with E-state index in [0.717, 1.165) is 42.4 Å². The Kier molecular flexibility index (Phi) is 4.20. The monoisotopic (exact) mass is 350 g/mol. The molecule has 0 radical (unpaired) electrons. The number of rotatable bonds is 5. The third kappa shape index (κ3) is 3.08. The lowest BCUT2D eigenvalue weighted by molar-refractivity contribution is 0.516. The molecule has 4 rings (SSSR count). The third-order valence-corrected chi connectivity index (χ3v) is 4.35. The zero-order chi connectivity index (χ0) is 18.1. The molecule has 0 aliphatic carbocycles. The summed E-state index contributed by atoms with van der Waals surface area (Å²) in [5.41, 5.74) is 1.04. The number of imidazole rings is 1. The predicted molar refractivity (Wildman–Crippen MR) is 97.0 cm³/mol. The van der Waals surface area contributed by atoms with Crippen LogP contribution in [0.4, 0.5) is 4.39 Å². The number of hydrogen-bond donors (Lipinski definition) is 0. The number of aromatic nitrogens is 6. The van der Waals surface area contributed by atoms with Gasteiger partial charge < -0.3 is 4.57 Å². The number of pyridine rings is 1. The van der Waals surface area contributed by atoms with Crippen molar-refractivity contribution in [1.82, 2.24) is 29.3 Å². The molecule has 0 bridgehead atoms. The Labute approximate surface area is 150 Å². The molecule has 0 aliphatic heterocycles. The first-order chi connectivity index (χ1) is 12.6. The van der Waals surface area contributed by atoms with Gasteiger partial charge in [0.15, 0.2) is 5.82 Å². The summed E-state index contributed by atoms with van der Waals surface area (Å²) in [7, 11) is 0. The maximum atomic E-state index is 14.0. The van der Waals surface area contributed by atoms with Crippen LogP contribution in [-0.2, 0) is 13.1 Å². The number of aryl methyl sites for hydroxylation is 4. The second kappa shape index (κ2) is 6.67. The van der Waals surface area contributed by atoms with Crippen molar-refractivity contribution in [3.8, 4) is 11.5 Å². The Morgan fingerprint density at radius 2 is 1.92 bits per heavy atom. The molecular formula is C19H19FN6. The number of para-hydroxylation sites is 1. The fourth-order valence-corrected chi connectivity index (χ4v) is 3.12. The first-order valence-corrected chi connectivity index (χ1v) is 8.56. The van der Waals surface area contributed by atoms with Gasteiger partial charge in [-0.05, 0) is 32.4 Å². The van der Waals surface area contributed by atoms with E-state index in [1.165, 1.54) is 6.07 Å². The summed E-state index contributed by atoms with van der Waals surface area (Å²) >= 11 is 0. The van der Waals surface area contributed by atoms with E-state index in [1.54, 1.807) is 12.3 Å². The summed E-state index contributed by atoms with van der Waals surface area (Å²) in [5.74, 6) is 2.12. The van der Waals surface area contributed by atoms with E-state index in [4.69, 9.17) is 0 Å². The minimum absolute atomic E-state index is 0.320. The van der Waals surface area contributed by atoms with Crippen molar-refractivity contribution in [2.45, 2.75) is 33.4 Å². The van der Waals surface area contributed by atoms with Crippen molar-refractivity contribution in [3.05, 3.63) is 60.2 Å². The lowest BCUT2D eigenvalue weighted by atomic mass is 10.2. The van der Waals surface area contributed by atoms with Gasteiger partial charge in [-0.3, -0.25) is 4.68 Å². The van der Waals surface area contributed by atoms with Crippen LogP contribution in [-0.4, -0.2) is 29.3 Å². The summed E-state index contributed by atoms with van der Waals surface area (Å²) in [5, 5.41) is 5.16. The third-order valence-electron chi connectivity index (χ3n) is 4.35. The standard InChI is InChI=1S/C19H19FN6/c1-13-22-14(2)26(24-13)11-4-10-25-12-9-21-19(25)17-8-7-15-5-3-6-16(20)18(15)23-17/h3,5-9,12H,4,10-11H2,1-2H3. The molecule has 0 amide bonds. The second-order valence-electron chi connectivity index (χ2n) is 6.24. The fourth-order valence-electron chi connectivity index (χ4n) is 3.12. The lowest BCUT2D eigenvalue weighted by Crippen LogP contribution is -2.08. The SMILES string of the molecule is Cc1nc(C)n(CCCn2ccnc2-c2ccc3cccc(F)c3n2)n1. The molecule has 3 heterocycles. The van der Waals surface area contributed by atoms with Crippen molar-refractivity contribution in [2.24, 2.45) is 0 Å². The highest BCUT2D eigenvalue weighted by Crippen LogP contribution is 2.22. The zero-order valence-corrected chi connectivity index (χ0v) is 14.7. The normalized spacial score (nSPS) is 11.3. The highest BCUT2D eigenvalue weighted by Gasteiger charge is 2.10. The first-order valence-electron chi connectivity index (χ1n) is 8.56. The van der Waals surface area contributed by atoms with Crippen LogP contribution in [0.15, 0.2) is 42.7 Å². The summed E-state index contributed by atoms with van der Waals surface area (Å²) in [6, 6.07) is 8.72. The van der Waals surface area contributed by atoms with E-state index in [0.29, 0.717) is 11.2 Å². The van der Waals surface area contributed by atoms with Crippen LogP contribution >= 0.6 is 0 Å². The Hall–Kier alpha value is -3.09. The molecule has 0 aliphatic rings. The van der Waals surface area contributed by atoms with Gasteiger partial charge in [-0.1, -0.05) is 18.2 Å². The van der Waals surface area contributed by atoms with Crippen LogP contribution < -0.4 is 0 Å². The van der Waals surface area contributed by atoms with E-state index in [-0.39, 0.29) is 5.82 Å². The Bertz CT molecular complexity index is 1070. The molecule has 0 atom stereocenters. The maximum Gasteiger partial charge on any atom is 0.158 e. The van der Waals surface area contributed by atoms with Gasteiger partial charge in [-0.2, -0.15) is 5.10 Å². The van der Waals surface area contributed by atoms with Gasteiger partial charge in [0.05, 0.1) is 0 Å². The van der Waals surface area contributed by atoms with Crippen LogP contribution in [0.5, 0.6) is 0 Å². The van der Waals surface area contributed by atoms with Gasteiger partial charge in [0.25, 0.3) is 0 Å². The molecule has 132 valence electrons. The molecule has 0 spiro atoms. The van der Waals surface area contributed by atoms with Gasteiger partial charge in [0, 0.05) is 30.9 Å². The van der Waals surface area contributed by atoms with Gasteiger partial charge >= 0.3 is 0 Å². The number of halogens is 1. The topological polar surface area (TPSA) is 61.4 Å². The molecule has 6 nitrogen and oxygen atoms in total. The van der Waals surface area contributed by atoms with Gasteiger partial charge in [0.2, 0.25) is 0 Å². The van der Waals surface area contributed by atoms with E-state index >= 15 is 0 Å². The maximum absolute atomic E-state index is 14.0. The lowest BCUT2D eigenvalue weighted by Gasteiger charge is -2.09. The average Bonchev–Trinajstić information content (AvgIpc) is 3.21. The van der Waals surface area contributed by atoms with E-state index in [2.05, 4.69) is 20.1 Å². The van der Waals surface area contributed by atoms with Crippen LogP contribution in [0.25, 0.3) is 22.4 Å².